The summed E-state index contributed by atoms with van der Waals surface area (Å²) in [4.78, 5) is 26.4. The van der Waals surface area contributed by atoms with E-state index in [1.54, 1.807) is 29.2 Å². The van der Waals surface area contributed by atoms with Crippen molar-refractivity contribution in [2.24, 2.45) is 0 Å². The summed E-state index contributed by atoms with van der Waals surface area (Å²) in [5.41, 5.74) is 0.482. The third-order valence-electron chi connectivity index (χ3n) is 3.68. The van der Waals surface area contributed by atoms with Gasteiger partial charge in [-0.05, 0) is 38.8 Å². The van der Waals surface area contributed by atoms with Crippen molar-refractivity contribution >= 4 is 11.9 Å². The van der Waals surface area contributed by atoms with Crippen molar-refractivity contribution in [2.45, 2.75) is 52.6 Å². The van der Waals surface area contributed by atoms with Gasteiger partial charge in [0.1, 0.15) is 0 Å². The zero-order valence-electron chi connectivity index (χ0n) is 13.9. The molecule has 1 aromatic carbocycles. The van der Waals surface area contributed by atoms with Gasteiger partial charge >= 0.3 is 5.97 Å². The molecule has 0 aliphatic heterocycles. The first-order valence-electron chi connectivity index (χ1n) is 8.18. The highest BCUT2D eigenvalue weighted by Crippen LogP contribution is 2.13. The van der Waals surface area contributed by atoms with Gasteiger partial charge in [0.05, 0.1) is 5.56 Å². The molecule has 1 amide bonds. The van der Waals surface area contributed by atoms with Crippen LogP contribution in [0.1, 0.15) is 56.8 Å². The van der Waals surface area contributed by atoms with Gasteiger partial charge in [-0.25, -0.2) is 4.79 Å². The minimum atomic E-state index is -0.681. The Morgan fingerprint density at radius 2 is 1.68 bits per heavy atom. The van der Waals surface area contributed by atoms with Crippen molar-refractivity contribution in [2.75, 3.05) is 13.1 Å². The van der Waals surface area contributed by atoms with Gasteiger partial charge in [0.15, 0.2) is 6.10 Å². The minimum Gasteiger partial charge on any atom is -0.449 e. The predicted octanol–water partition coefficient (Wildman–Crippen LogP) is 3.66. The number of esters is 1. The molecule has 0 aliphatic rings. The van der Waals surface area contributed by atoms with Crippen LogP contribution in [0.5, 0.6) is 0 Å². The van der Waals surface area contributed by atoms with Crippen molar-refractivity contribution < 1.29 is 14.3 Å². The fraction of sp³-hybridized carbons (Fsp3) is 0.556. The number of unbranched alkanes of at least 4 members (excludes halogenated alkanes) is 2. The van der Waals surface area contributed by atoms with Gasteiger partial charge in [-0.2, -0.15) is 0 Å². The van der Waals surface area contributed by atoms with Crippen LogP contribution in [0.15, 0.2) is 30.3 Å². The zero-order valence-corrected chi connectivity index (χ0v) is 13.9. The van der Waals surface area contributed by atoms with Crippen LogP contribution in [-0.2, 0) is 9.53 Å². The fourth-order valence-corrected chi connectivity index (χ4v) is 2.32. The van der Waals surface area contributed by atoms with Gasteiger partial charge in [-0.3, -0.25) is 4.79 Å². The van der Waals surface area contributed by atoms with Crippen LogP contribution in [-0.4, -0.2) is 36.0 Å². The van der Waals surface area contributed by atoms with Gasteiger partial charge in [-0.1, -0.05) is 38.0 Å². The van der Waals surface area contributed by atoms with E-state index in [4.69, 9.17) is 4.74 Å². The third-order valence-corrected chi connectivity index (χ3v) is 3.68. The van der Waals surface area contributed by atoms with Crippen molar-refractivity contribution in [1.82, 2.24) is 4.90 Å². The Balaban J connectivity index is 2.76. The average Bonchev–Trinajstić information content (AvgIpc) is 2.55. The maximum absolute atomic E-state index is 12.5. The Hall–Kier alpha value is -1.84. The Morgan fingerprint density at radius 3 is 2.23 bits per heavy atom. The highest BCUT2D eigenvalue weighted by Gasteiger charge is 2.26. The monoisotopic (exact) mass is 305 g/mol. The quantitative estimate of drug-likeness (QED) is 0.516. The first kappa shape index (κ1) is 18.2. The Labute approximate surface area is 133 Å². The normalized spacial score (nSPS) is 11.8. The molecule has 4 heteroatoms. The SMILES string of the molecule is CCCCCC(OC(=O)c1ccccc1)C(=O)N(CC)CC. The first-order valence-corrected chi connectivity index (χ1v) is 8.18. The van der Waals surface area contributed by atoms with Gasteiger partial charge in [0, 0.05) is 13.1 Å². The molecule has 0 fully saturated rings. The largest absolute Gasteiger partial charge is 0.449 e. The van der Waals surface area contributed by atoms with Crippen molar-refractivity contribution in [3.63, 3.8) is 0 Å². The summed E-state index contributed by atoms with van der Waals surface area (Å²) in [5, 5.41) is 0. The van der Waals surface area contributed by atoms with Gasteiger partial charge < -0.3 is 9.64 Å². The van der Waals surface area contributed by atoms with E-state index in [-0.39, 0.29) is 5.91 Å². The summed E-state index contributed by atoms with van der Waals surface area (Å²) in [6.45, 7) is 7.23. The van der Waals surface area contributed by atoms with Crippen molar-refractivity contribution in [3.8, 4) is 0 Å². The lowest BCUT2D eigenvalue weighted by molar-refractivity contribution is -0.140. The number of hydrogen-bond donors (Lipinski definition) is 0. The van der Waals surface area contributed by atoms with Crippen LogP contribution in [0.2, 0.25) is 0 Å². The fourth-order valence-electron chi connectivity index (χ4n) is 2.32. The molecular weight excluding hydrogens is 278 g/mol. The lowest BCUT2D eigenvalue weighted by atomic mass is 10.1. The first-order chi connectivity index (χ1) is 10.6. The number of rotatable bonds is 9. The Morgan fingerprint density at radius 1 is 1.05 bits per heavy atom. The maximum Gasteiger partial charge on any atom is 0.338 e. The molecular formula is C18H27NO3. The van der Waals surface area contributed by atoms with Crippen LogP contribution in [0.25, 0.3) is 0 Å². The Bertz CT molecular complexity index is 455. The molecule has 0 saturated carbocycles. The Kier molecular flexibility index (Phi) is 8.26. The predicted molar refractivity (Wildman–Crippen MR) is 87.7 cm³/mol. The van der Waals surface area contributed by atoms with E-state index in [1.165, 1.54) is 0 Å². The van der Waals surface area contributed by atoms with E-state index in [0.717, 1.165) is 19.3 Å². The molecule has 1 unspecified atom stereocenters. The molecule has 0 N–H and O–H groups in total. The molecule has 0 heterocycles. The summed E-state index contributed by atoms with van der Waals surface area (Å²) in [5.74, 6) is -0.520. The van der Waals surface area contributed by atoms with E-state index < -0.39 is 12.1 Å². The second kappa shape index (κ2) is 9.98. The number of ether oxygens (including phenoxy) is 1. The van der Waals surface area contributed by atoms with E-state index in [1.807, 2.05) is 19.9 Å². The van der Waals surface area contributed by atoms with Crippen LogP contribution in [0, 0.1) is 0 Å². The highest BCUT2D eigenvalue weighted by atomic mass is 16.5. The second-order valence-electron chi connectivity index (χ2n) is 5.27. The standard InChI is InChI=1S/C18H27NO3/c1-4-7-9-14-16(17(20)19(5-2)6-3)22-18(21)15-12-10-8-11-13-15/h8,10-13,16H,4-7,9,14H2,1-3H3. The van der Waals surface area contributed by atoms with Gasteiger partial charge in [-0.15, -0.1) is 0 Å². The lowest BCUT2D eigenvalue weighted by Gasteiger charge is -2.25. The topological polar surface area (TPSA) is 46.6 Å². The molecule has 122 valence electrons. The lowest BCUT2D eigenvalue weighted by Crippen LogP contribution is -2.41. The zero-order chi connectivity index (χ0) is 16.4. The number of carbonyl (C=O) groups excluding carboxylic acids is 2. The van der Waals surface area contributed by atoms with Gasteiger partial charge in [0.2, 0.25) is 0 Å². The maximum atomic E-state index is 12.5. The molecule has 0 aliphatic carbocycles. The summed E-state index contributed by atoms with van der Waals surface area (Å²) >= 11 is 0. The molecule has 0 bridgehead atoms. The molecule has 4 nitrogen and oxygen atoms in total. The summed E-state index contributed by atoms with van der Waals surface area (Å²) < 4.78 is 5.50. The smallest absolute Gasteiger partial charge is 0.338 e. The van der Waals surface area contributed by atoms with Crippen LogP contribution in [0.4, 0.5) is 0 Å². The van der Waals surface area contributed by atoms with E-state index in [2.05, 4.69) is 6.92 Å². The summed E-state index contributed by atoms with van der Waals surface area (Å²) in [7, 11) is 0. The molecule has 1 aromatic rings. The number of nitrogens with zero attached hydrogens (tertiary/aromatic N) is 1. The van der Waals surface area contributed by atoms with E-state index in [0.29, 0.717) is 25.1 Å². The van der Waals surface area contributed by atoms with Crippen molar-refractivity contribution in [1.29, 1.82) is 0 Å². The molecule has 1 rings (SSSR count). The minimum absolute atomic E-state index is 0.0922. The van der Waals surface area contributed by atoms with E-state index in [9.17, 15) is 9.59 Å². The number of carbonyl (C=O) groups is 2. The summed E-state index contributed by atoms with van der Waals surface area (Å²) in [6, 6.07) is 8.82. The average molecular weight is 305 g/mol. The van der Waals surface area contributed by atoms with Crippen LogP contribution >= 0.6 is 0 Å². The number of amides is 1. The molecule has 0 aromatic heterocycles. The number of benzene rings is 1. The molecule has 0 saturated heterocycles. The molecule has 1 atom stereocenters. The summed E-state index contributed by atoms with van der Waals surface area (Å²) in [6.07, 6.45) is 2.89. The van der Waals surface area contributed by atoms with Crippen LogP contribution < -0.4 is 0 Å². The van der Waals surface area contributed by atoms with Gasteiger partial charge in [0.25, 0.3) is 5.91 Å². The molecule has 0 spiro atoms. The number of likely N-dealkylation sites (N-methyl/N-ethyl adjacent to an activating group) is 1. The molecule has 0 radical (unpaired) electrons. The molecule has 22 heavy (non-hydrogen) atoms. The highest BCUT2D eigenvalue weighted by molar-refractivity contribution is 5.92. The van der Waals surface area contributed by atoms with Crippen molar-refractivity contribution in [3.05, 3.63) is 35.9 Å². The number of hydrogen-bond acceptors (Lipinski definition) is 3. The van der Waals surface area contributed by atoms with E-state index >= 15 is 0 Å². The van der Waals surface area contributed by atoms with Crippen LogP contribution in [0.3, 0.4) is 0 Å². The third kappa shape index (κ3) is 5.51. The second-order valence-corrected chi connectivity index (χ2v) is 5.27.